The van der Waals surface area contributed by atoms with Crippen molar-refractivity contribution in [1.29, 1.82) is 0 Å². The highest BCUT2D eigenvalue weighted by molar-refractivity contribution is 5.70. The summed E-state index contributed by atoms with van der Waals surface area (Å²) in [4.78, 5) is 10.6. The molecule has 0 spiro atoms. The van der Waals surface area contributed by atoms with Gasteiger partial charge in [-0.25, -0.2) is 0 Å². The van der Waals surface area contributed by atoms with Crippen LogP contribution < -0.4 is 5.73 Å². The Kier molecular flexibility index (Phi) is 4.19. The summed E-state index contributed by atoms with van der Waals surface area (Å²) in [6.07, 6.45) is 1.54. The van der Waals surface area contributed by atoms with Crippen LogP contribution in [0.25, 0.3) is 5.69 Å². The highest BCUT2D eigenvalue weighted by atomic mass is 16.4. The van der Waals surface area contributed by atoms with E-state index in [-0.39, 0.29) is 6.42 Å². The molecule has 2 aromatic rings. The number of carboxylic acid groups (broad SMARTS) is 1. The molecule has 1 heterocycles. The average molecular weight is 261 g/mol. The first-order valence-electron chi connectivity index (χ1n) is 5.99. The molecule has 2 rings (SSSR count). The van der Waals surface area contributed by atoms with Crippen LogP contribution in [0.2, 0.25) is 0 Å². The second-order valence-electron chi connectivity index (χ2n) is 4.14. The van der Waals surface area contributed by atoms with Crippen molar-refractivity contribution in [2.45, 2.75) is 19.3 Å². The number of nitrogens with two attached hydrogens (primary N) is 1. The molecule has 0 aliphatic rings. The molecule has 7 heteroatoms. The molecule has 0 saturated heterocycles. The van der Waals surface area contributed by atoms with Gasteiger partial charge in [0.1, 0.15) is 0 Å². The van der Waals surface area contributed by atoms with Crippen LogP contribution >= 0.6 is 0 Å². The molecular formula is C12H15N5O2. The van der Waals surface area contributed by atoms with Gasteiger partial charge in [0, 0.05) is 6.42 Å². The van der Waals surface area contributed by atoms with E-state index in [0.29, 0.717) is 13.0 Å². The van der Waals surface area contributed by atoms with Gasteiger partial charge in [0.25, 0.3) is 0 Å². The first-order chi connectivity index (χ1) is 9.20. The number of aromatic nitrogens is 4. The fourth-order valence-electron chi connectivity index (χ4n) is 1.75. The smallest absolute Gasteiger partial charge is 0.307 e. The van der Waals surface area contributed by atoms with Gasteiger partial charge in [-0.15, -0.1) is 5.10 Å². The maximum Gasteiger partial charge on any atom is 0.307 e. The van der Waals surface area contributed by atoms with E-state index in [9.17, 15) is 4.79 Å². The molecule has 0 bridgehead atoms. The van der Waals surface area contributed by atoms with E-state index in [1.54, 1.807) is 28.9 Å². The maximum absolute atomic E-state index is 10.6. The summed E-state index contributed by atoms with van der Waals surface area (Å²) >= 11 is 0. The topological polar surface area (TPSA) is 107 Å². The molecular weight excluding hydrogens is 246 g/mol. The molecule has 0 amide bonds. The van der Waals surface area contributed by atoms with Gasteiger partial charge in [0.05, 0.1) is 12.1 Å². The van der Waals surface area contributed by atoms with E-state index < -0.39 is 5.97 Å². The van der Waals surface area contributed by atoms with E-state index in [1.807, 2.05) is 0 Å². The Labute approximate surface area is 110 Å². The van der Waals surface area contributed by atoms with E-state index in [2.05, 4.69) is 15.5 Å². The number of carbonyl (C=O) groups is 1. The van der Waals surface area contributed by atoms with Gasteiger partial charge < -0.3 is 10.8 Å². The summed E-state index contributed by atoms with van der Waals surface area (Å²) in [5, 5.41) is 20.2. The third-order valence-corrected chi connectivity index (χ3v) is 2.67. The van der Waals surface area contributed by atoms with Crippen molar-refractivity contribution in [2.75, 3.05) is 6.54 Å². The van der Waals surface area contributed by atoms with Crippen LogP contribution in [-0.2, 0) is 17.6 Å². The van der Waals surface area contributed by atoms with Gasteiger partial charge in [-0.3, -0.25) is 4.79 Å². The third-order valence-electron chi connectivity index (χ3n) is 2.67. The molecule has 19 heavy (non-hydrogen) atoms. The number of carboxylic acids is 1. The summed E-state index contributed by atoms with van der Waals surface area (Å²) < 4.78 is 1.64. The number of tetrazole rings is 1. The normalized spacial score (nSPS) is 10.6. The van der Waals surface area contributed by atoms with Gasteiger partial charge >= 0.3 is 5.97 Å². The van der Waals surface area contributed by atoms with Crippen molar-refractivity contribution in [2.24, 2.45) is 5.73 Å². The van der Waals surface area contributed by atoms with Crippen LogP contribution in [0, 0.1) is 0 Å². The number of aliphatic carboxylic acids is 1. The van der Waals surface area contributed by atoms with Gasteiger partial charge in [-0.2, -0.15) is 4.68 Å². The lowest BCUT2D eigenvalue weighted by atomic mass is 10.1. The summed E-state index contributed by atoms with van der Waals surface area (Å²) in [5.41, 5.74) is 7.02. The minimum atomic E-state index is -0.848. The summed E-state index contributed by atoms with van der Waals surface area (Å²) in [6.45, 7) is 0.588. The van der Waals surface area contributed by atoms with Crippen molar-refractivity contribution in [3.05, 3.63) is 35.7 Å². The van der Waals surface area contributed by atoms with Crippen LogP contribution in [0.5, 0.6) is 0 Å². The third kappa shape index (κ3) is 3.35. The van der Waals surface area contributed by atoms with Gasteiger partial charge in [0.2, 0.25) is 0 Å². The zero-order valence-electron chi connectivity index (χ0n) is 10.4. The van der Waals surface area contributed by atoms with E-state index in [0.717, 1.165) is 23.5 Å². The zero-order valence-corrected chi connectivity index (χ0v) is 10.4. The Bertz CT molecular complexity index is 550. The Balaban J connectivity index is 2.17. The fourth-order valence-corrected chi connectivity index (χ4v) is 1.75. The molecule has 0 saturated carbocycles. The number of benzene rings is 1. The fraction of sp³-hybridized carbons (Fsp3) is 0.333. The lowest BCUT2D eigenvalue weighted by Crippen LogP contribution is -2.07. The molecule has 1 aromatic heterocycles. The molecule has 0 radical (unpaired) electrons. The van der Waals surface area contributed by atoms with E-state index in [4.69, 9.17) is 10.8 Å². The van der Waals surface area contributed by atoms with Gasteiger partial charge in [-0.1, -0.05) is 12.1 Å². The Morgan fingerprint density at radius 2 is 2.05 bits per heavy atom. The predicted molar refractivity (Wildman–Crippen MR) is 67.9 cm³/mol. The largest absolute Gasteiger partial charge is 0.481 e. The number of aryl methyl sites for hydroxylation is 1. The molecule has 0 unspecified atom stereocenters. The zero-order chi connectivity index (χ0) is 13.7. The standard InChI is InChI=1S/C12H15N5O2/c13-7-1-2-11-14-15-16-17(11)10-5-3-9(4-6-10)8-12(18)19/h3-6H,1-2,7-8,13H2,(H,18,19). The molecule has 0 fully saturated rings. The second kappa shape index (κ2) is 6.05. The van der Waals surface area contributed by atoms with Crippen molar-refractivity contribution >= 4 is 5.97 Å². The van der Waals surface area contributed by atoms with E-state index in [1.165, 1.54) is 0 Å². The van der Waals surface area contributed by atoms with Crippen molar-refractivity contribution < 1.29 is 9.90 Å². The molecule has 7 nitrogen and oxygen atoms in total. The van der Waals surface area contributed by atoms with Crippen LogP contribution in [0.3, 0.4) is 0 Å². The van der Waals surface area contributed by atoms with Crippen LogP contribution in [0.1, 0.15) is 17.8 Å². The molecule has 0 aliphatic carbocycles. The molecule has 3 N–H and O–H groups in total. The first-order valence-corrected chi connectivity index (χ1v) is 5.99. The van der Waals surface area contributed by atoms with Crippen LogP contribution in [0.4, 0.5) is 0 Å². The minimum Gasteiger partial charge on any atom is -0.481 e. The summed E-state index contributed by atoms with van der Waals surface area (Å²) in [5.74, 6) is -0.102. The second-order valence-corrected chi connectivity index (χ2v) is 4.14. The van der Waals surface area contributed by atoms with Gasteiger partial charge in [0.15, 0.2) is 5.82 Å². The molecule has 100 valence electrons. The highest BCUT2D eigenvalue weighted by Gasteiger charge is 2.08. The first kappa shape index (κ1) is 13.2. The Hall–Kier alpha value is -2.28. The lowest BCUT2D eigenvalue weighted by Gasteiger charge is -2.05. The number of hydrogen-bond donors (Lipinski definition) is 2. The average Bonchev–Trinajstić information content (AvgIpc) is 2.85. The van der Waals surface area contributed by atoms with Crippen LogP contribution in [-0.4, -0.2) is 37.8 Å². The Morgan fingerprint density at radius 1 is 1.32 bits per heavy atom. The van der Waals surface area contributed by atoms with Crippen molar-refractivity contribution in [3.63, 3.8) is 0 Å². The van der Waals surface area contributed by atoms with E-state index >= 15 is 0 Å². The van der Waals surface area contributed by atoms with Crippen molar-refractivity contribution in [3.8, 4) is 5.69 Å². The monoisotopic (exact) mass is 261 g/mol. The summed E-state index contributed by atoms with van der Waals surface area (Å²) in [6, 6.07) is 7.14. The molecule has 1 aromatic carbocycles. The predicted octanol–water partition coefficient (Wildman–Crippen LogP) is 0.181. The number of hydrogen-bond acceptors (Lipinski definition) is 5. The number of nitrogens with zero attached hydrogens (tertiary/aromatic N) is 4. The maximum atomic E-state index is 10.6. The minimum absolute atomic E-state index is 0.00984. The molecule has 0 aliphatic heterocycles. The van der Waals surface area contributed by atoms with Crippen molar-refractivity contribution in [1.82, 2.24) is 20.2 Å². The summed E-state index contributed by atoms with van der Waals surface area (Å²) in [7, 11) is 0. The quantitative estimate of drug-likeness (QED) is 0.768. The Morgan fingerprint density at radius 3 is 2.68 bits per heavy atom. The highest BCUT2D eigenvalue weighted by Crippen LogP contribution is 2.11. The van der Waals surface area contributed by atoms with Crippen LogP contribution in [0.15, 0.2) is 24.3 Å². The molecule has 0 atom stereocenters. The SMILES string of the molecule is NCCCc1nnnn1-c1ccc(CC(=O)O)cc1. The van der Waals surface area contributed by atoms with Gasteiger partial charge in [-0.05, 0) is 41.1 Å². The lowest BCUT2D eigenvalue weighted by molar-refractivity contribution is -0.136. The number of rotatable bonds is 6.